The average Bonchev–Trinajstić information content (AvgIpc) is 2.53. The minimum absolute atomic E-state index is 0.119. The summed E-state index contributed by atoms with van der Waals surface area (Å²) in [5, 5.41) is 2.64. The van der Waals surface area contributed by atoms with Crippen molar-refractivity contribution in [3.63, 3.8) is 0 Å². The van der Waals surface area contributed by atoms with E-state index in [9.17, 15) is 9.59 Å². The van der Waals surface area contributed by atoms with E-state index in [1.165, 1.54) is 22.8 Å². The van der Waals surface area contributed by atoms with Gasteiger partial charge in [-0.3, -0.25) is 9.59 Å². The topological polar surface area (TPSA) is 49.4 Å². The van der Waals surface area contributed by atoms with Crippen molar-refractivity contribution >= 4 is 11.8 Å². The van der Waals surface area contributed by atoms with E-state index in [1.807, 2.05) is 4.90 Å². The van der Waals surface area contributed by atoms with Crippen LogP contribution < -0.4 is 5.32 Å². The summed E-state index contributed by atoms with van der Waals surface area (Å²) in [5.74, 6) is 0.428. The largest absolute Gasteiger partial charge is 0.352 e. The SMILES string of the molecule is C=CC(=O)NCCC(=O)N1CCC(c2cc(C)cc(C)c2)CC1. The molecule has 1 fully saturated rings. The molecule has 0 saturated carbocycles. The van der Waals surface area contributed by atoms with Crippen molar-refractivity contribution in [2.75, 3.05) is 19.6 Å². The number of hydrogen-bond acceptors (Lipinski definition) is 2. The van der Waals surface area contributed by atoms with Gasteiger partial charge in [0.25, 0.3) is 0 Å². The van der Waals surface area contributed by atoms with Gasteiger partial charge in [-0.15, -0.1) is 0 Å². The van der Waals surface area contributed by atoms with Gasteiger partial charge in [-0.25, -0.2) is 0 Å². The monoisotopic (exact) mass is 314 g/mol. The third kappa shape index (κ3) is 4.95. The second-order valence-electron chi connectivity index (χ2n) is 6.32. The Morgan fingerprint density at radius 2 is 1.83 bits per heavy atom. The summed E-state index contributed by atoms with van der Waals surface area (Å²) in [4.78, 5) is 25.2. The number of benzene rings is 1. The Kier molecular flexibility index (Phi) is 5.97. The van der Waals surface area contributed by atoms with Gasteiger partial charge in [0.2, 0.25) is 11.8 Å². The van der Waals surface area contributed by atoms with Gasteiger partial charge in [-0.05, 0) is 44.2 Å². The molecule has 0 aliphatic carbocycles. The first-order valence-electron chi connectivity index (χ1n) is 8.26. The third-order valence-electron chi connectivity index (χ3n) is 4.39. The predicted octanol–water partition coefficient (Wildman–Crippen LogP) is 2.70. The Morgan fingerprint density at radius 1 is 1.22 bits per heavy atom. The van der Waals surface area contributed by atoms with E-state index in [0.29, 0.717) is 18.9 Å². The smallest absolute Gasteiger partial charge is 0.243 e. The molecule has 124 valence electrons. The lowest BCUT2D eigenvalue weighted by molar-refractivity contribution is -0.132. The molecule has 2 amide bonds. The summed E-state index contributed by atoms with van der Waals surface area (Å²) in [6.07, 6.45) is 3.59. The van der Waals surface area contributed by atoms with Crippen molar-refractivity contribution in [3.8, 4) is 0 Å². The van der Waals surface area contributed by atoms with E-state index in [1.54, 1.807) is 0 Å². The highest BCUT2D eigenvalue weighted by atomic mass is 16.2. The summed E-state index contributed by atoms with van der Waals surface area (Å²) >= 11 is 0. The minimum Gasteiger partial charge on any atom is -0.352 e. The molecule has 1 N–H and O–H groups in total. The lowest BCUT2D eigenvalue weighted by Gasteiger charge is -2.32. The molecule has 0 bridgehead atoms. The second-order valence-corrected chi connectivity index (χ2v) is 6.32. The molecule has 1 heterocycles. The fourth-order valence-electron chi connectivity index (χ4n) is 3.23. The zero-order chi connectivity index (χ0) is 16.8. The van der Waals surface area contributed by atoms with E-state index in [2.05, 4.69) is 43.9 Å². The quantitative estimate of drug-likeness (QED) is 0.850. The highest BCUT2D eigenvalue weighted by molar-refractivity contribution is 5.87. The van der Waals surface area contributed by atoms with E-state index >= 15 is 0 Å². The first kappa shape index (κ1) is 17.3. The molecule has 0 aromatic heterocycles. The van der Waals surface area contributed by atoms with Gasteiger partial charge in [-0.2, -0.15) is 0 Å². The number of rotatable bonds is 5. The van der Waals surface area contributed by atoms with Crippen molar-refractivity contribution < 1.29 is 9.59 Å². The van der Waals surface area contributed by atoms with Gasteiger partial charge in [0.15, 0.2) is 0 Å². The van der Waals surface area contributed by atoms with Gasteiger partial charge < -0.3 is 10.2 Å². The number of hydrogen-bond donors (Lipinski definition) is 1. The van der Waals surface area contributed by atoms with Gasteiger partial charge in [0.05, 0.1) is 0 Å². The van der Waals surface area contributed by atoms with Gasteiger partial charge in [0.1, 0.15) is 0 Å². The molecular formula is C19H26N2O2. The molecule has 4 nitrogen and oxygen atoms in total. The van der Waals surface area contributed by atoms with E-state index in [-0.39, 0.29) is 11.8 Å². The Morgan fingerprint density at radius 3 is 2.39 bits per heavy atom. The molecule has 0 radical (unpaired) electrons. The molecule has 1 aromatic rings. The summed E-state index contributed by atoms with van der Waals surface area (Å²) in [6, 6.07) is 6.72. The molecule has 4 heteroatoms. The molecule has 0 atom stereocenters. The van der Waals surface area contributed by atoms with Crippen molar-refractivity contribution in [3.05, 3.63) is 47.5 Å². The molecule has 0 spiro atoms. The number of carbonyl (C=O) groups is 2. The standard InChI is InChI=1S/C19H26N2O2/c1-4-18(22)20-8-5-19(23)21-9-6-16(7-10-21)17-12-14(2)11-15(3)13-17/h4,11-13,16H,1,5-10H2,2-3H3,(H,20,22). The maximum atomic E-state index is 12.2. The zero-order valence-electron chi connectivity index (χ0n) is 14.1. The maximum Gasteiger partial charge on any atom is 0.243 e. The fraction of sp³-hybridized carbons (Fsp3) is 0.474. The van der Waals surface area contributed by atoms with E-state index in [0.717, 1.165) is 25.9 Å². The first-order chi connectivity index (χ1) is 11.0. The summed E-state index contributed by atoms with van der Waals surface area (Å²) in [5.41, 5.74) is 4.00. The second kappa shape index (κ2) is 7.95. The van der Waals surface area contributed by atoms with Gasteiger partial charge in [0, 0.05) is 26.1 Å². The summed E-state index contributed by atoms with van der Waals surface area (Å²) in [6.45, 7) is 9.62. The van der Waals surface area contributed by atoms with Crippen LogP contribution in [-0.2, 0) is 9.59 Å². The molecule has 2 rings (SSSR count). The van der Waals surface area contributed by atoms with Crippen LogP contribution >= 0.6 is 0 Å². The van der Waals surface area contributed by atoms with Crippen molar-refractivity contribution in [1.29, 1.82) is 0 Å². The van der Waals surface area contributed by atoms with Gasteiger partial charge in [-0.1, -0.05) is 35.9 Å². The zero-order valence-corrected chi connectivity index (χ0v) is 14.1. The van der Waals surface area contributed by atoms with Crippen LogP contribution in [0.5, 0.6) is 0 Å². The molecule has 0 unspecified atom stereocenters. The molecule has 1 saturated heterocycles. The molecular weight excluding hydrogens is 288 g/mol. The van der Waals surface area contributed by atoms with E-state index < -0.39 is 0 Å². The lowest BCUT2D eigenvalue weighted by Crippen LogP contribution is -2.39. The van der Waals surface area contributed by atoms with Crippen molar-refractivity contribution in [1.82, 2.24) is 10.2 Å². The first-order valence-corrected chi connectivity index (χ1v) is 8.26. The Balaban J connectivity index is 1.82. The van der Waals surface area contributed by atoms with Crippen LogP contribution in [-0.4, -0.2) is 36.3 Å². The number of amides is 2. The van der Waals surface area contributed by atoms with Crippen LogP contribution in [0.4, 0.5) is 0 Å². The maximum absolute atomic E-state index is 12.2. The van der Waals surface area contributed by atoms with Crippen LogP contribution in [0, 0.1) is 13.8 Å². The predicted molar refractivity (Wildman–Crippen MR) is 92.3 cm³/mol. The molecule has 1 aliphatic rings. The molecule has 1 aromatic carbocycles. The number of carbonyl (C=O) groups excluding carboxylic acids is 2. The number of aryl methyl sites for hydroxylation is 2. The Hall–Kier alpha value is -2.10. The minimum atomic E-state index is -0.230. The van der Waals surface area contributed by atoms with Crippen molar-refractivity contribution in [2.24, 2.45) is 0 Å². The summed E-state index contributed by atoms with van der Waals surface area (Å²) in [7, 11) is 0. The highest BCUT2D eigenvalue weighted by Crippen LogP contribution is 2.29. The number of nitrogens with zero attached hydrogens (tertiary/aromatic N) is 1. The molecule has 23 heavy (non-hydrogen) atoms. The van der Waals surface area contributed by atoms with Crippen LogP contribution in [0.3, 0.4) is 0 Å². The number of likely N-dealkylation sites (tertiary alicyclic amines) is 1. The highest BCUT2D eigenvalue weighted by Gasteiger charge is 2.23. The van der Waals surface area contributed by atoms with Crippen LogP contribution in [0.2, 0.25) is 0 Å². The Bertz CT molecular complexity index is 567. The summed E-state index contributed by atoms with van der Waals surface area (Å²) < 4.78 is 0. The third-order valence-corrected chi connectivity index (χ3v) is 4.39. The van der Waals surface area contributed by atoms with Crippen LogP contribution in [0.15, 0.2) is 30.9 Å². The average molecular weight is 314 g/mol. The molecule has 1 aliphatic heterocycles. The van der Waals surface area contributed by atoms with Crippen LogP contribution in [0.1, 0.15) is 41.9 Å². The Labute approximate surface area is 138 Å². The number of nitrogens with one attached hydrogen (secondary N) is 1. The number of piperidine rings is 1. The van der Waals surface area contributed by atoms with Crippen molar-refractivity contribution in [2.45, 2.75) is 39.0 Å². The normalized spacial score (nSPS) is 15.3. The van der Waals surface area contributed by atoms with Gasteiger partial charge >= 0.3 is 0 Å². The van der Waals surface area contributed by atoms with E-state index in [4.69, 9.17) is 0 Å². The fourth-order valence-corrected chi connectivity index (χ4v) is 3.23. The lowest BCUT2D eigenvalue weighted by atomic mass is 9.87. The van der Waals surface area contributed by atoms with Crippen LogP contribution in [0.25, 0.3) is 0 Å².